The molecule has 0 saturated heterocycles. The third kappa shape index (κ3) is 4.20. The van der Waals surface area contributed by atoms with Crippen LogP contribution >= 0.6 is 22.7 Å². The Balaban J connectivity index is 1.55. The summed E-state index contributed by atoms with van der Waals surface area (Å²) in [7, 11) is 1.65. The Morgan fingerprint density at radius 1 is 1.21 bits per heavy atom. The number of amides is 1. The number of aromatic nitrogens is 3. The Labute approximate surface area is 175 Å². The first-order chi connectivity index (χ1) is 14.2. The van der Waals surface area contributed by atoms with Gasteiger partial charge >= 0.3 is 0 Å². The van der Waals surface area contributed by atoms with Gasteiger partial charge in [0, 0.05) is 18.1 Å². The molecule has 29 heavy (non-hydrogen) atoms. The number of rotatable bonds is 7. The smallest absolute Gasteiger partial charge is 0.262 e. The summed E-state index contributed by atoms with van der Waals surface area (Å²) < 4.78 is 5.28. The first-order valence-electron chi connectivity index (χ1n) is 8.93. The SMILES string of the molecule is COc1cccc(CNc2ncnc3sc(C(=O)NCc4nccs4)c(C)c23)c1. The van der Waals surface area contributed by atoms with Crippen molar-refractivity contribution in [3.05, 3.63) is 63.2 Å². The largest absolute Gasteiger partial charge is 0.497 e. The summed E-state index contributed by atoms with van der Waals surface area (Å²) in [5.41, 5.74) is 1.95. The summed E-state index contributed by atoms with van der Waals surface area (Å²) in [5.74, 6) is 1.40. The number of nitrogens with one attached hydrogen (secondary N) is 2. The van der Waals surface area contributed by atoms with Gasteiger partial charge in [-0.1, -0.05) is 12.1 Å². The quantitative estimate of drug-likeness (QED) is 0.465. The first kappa shape index (κ1) is 19.3. The molecule has 1 amide bonds. The van der Waals surface area contributed by atoms with E-state index >= 15 is 0 Å². The van der Waals surface area contributed by atoms with Crippen LogP contribution < -0.4 is 15.4 Å². The van der Waals surface area contributed by atoms with Gasteiger partial charge in [-0.25, -0.2) is 15.0 Å². The minimum Gasteiger partial charge on any atom is -0.497 e. The molecule has 0 aliphatic rings. The molecular formula is C20H19N5O2S2. The van der Waals surface area contributed by atoms with Gasteiger partial charge in [0.25, 0.3) is 5.91 Å². The zero-order chi connectivity index (χ0) is 20.2. The first-order valence-corrected chi connectivity index (χ1v) is 10.6. The normalized spacial score (nSPS) is 10.8. The summed E-state index contributed by atoms with van der Waals surface area (Å²) in [6.07, 6.45) is 3.25. The molecule has 2 N–H and O–H groups in total. The van der Waals surface area contributed by atoms with Crippen LogP contribution in [0.4, 0.5) is 5.82 Å². The summed E-state index contributed by atoms with van der Waals surface area (Å²) >= 11 is 2.89. The predicted molar refractivity (Wildman–Crippen MR) is 116 cm³/mol. The highest BCUT2D eigenvalue weighted by molar-refractivity contribution is 7.20. The molecular weight excluding hydrogens is 406 g/mol. The van der Waals surface area contributed by atoms with Crippen LogP contribution in [0.2, 0.25) is 0 Å². The van der Waals surface area contributed by atoms with Crippen molar-refractivity contribution in [1.82, 2.24) is 20.3 Å². The molecule has 0 atom stereocenters. The van der Waals surface area contributed by atoms with Crippen molar-refractivity contribution in [3.63, 3.8) is 0 Å². The van der Waals surface area contributed by atoms with Crippen molar-refractivity contribution < 1.29 is 9.53 Å². The molecule has 3 aromatic heterocycles. The maximum atomic E-state index is 12.7. The maximum Gasteiger partial charge on any atom is 0.262 e. The predicted octanol–water partition coefficient (Wildman–Crippen LogP) is 4.01. The number of anilines is 1. The van der Waals surface area contributed by atoms with Crippen molar-refractivity contribution >= 4 is 44.6 Å². The van der Waals surface area contributed by atoms with Gasteiger partial charge in [0.05, 0.1) is 23.9 Å². The van der Waals surface area contributed by atoms with Gasteiger partial charge in [0.1, 0.15) is 27.7 Å². The highest BCUT2D eigenvalue weighted by Gasteiger charge is 2.19. The molecule has 148 valence electrons. The second-order valence-electron chi connectivity index (χ2n) is 6.27. The molecule has 1 aromatic carbocycles. The number of thiophene rings is 1. The number of ether oxygens (including phenoxy) is 1. The Kier molecular flexibility index (Phi) is 5.68. The minimum absolute atomic E-state index is 0.126. The highest BCUT2D eigenvalue weighted by atomic mass is 32.1. The van der Waals surface area contributed by atoms with E-state index in [-0.39, 0.29) is 5.91 Å². The zero-order valence-electron chi connectivity index (χ0n) is 15.9. The van der Waals surface area contributed by atoms with Crippen LogP contribution in [-0.4, -0.2) is 28.0 Å². The number of methoxy groups -OCH3 is 1. The average molecular weight is 426 g/mol. The van der Waals surface area contributed by atoms with Crippen molar-refractivity contribution in [2.45, 2.75) is 20.0 Å². The number of hydrogen-bond donors (Lipinski definition) is 2. The number of fused-ring (bicyclic) bond motifs is 1. The lowest BCUT2D eigenvalue weighted by Crippen LogP contribution is -2.22. The van der Waals surface area contributed by atoms with E-state index in [9.17, 15) is 4.79 Å². The van der Waals surface area contributed by atoms with Crippen LogP contribution in [0.25, 0.3) is 10.2 Å². The fraction of sp³-hybridized carbons (Fsp3) is 0.200. The van der Waals surface area contributed by atoms with E-state index in [2.05, 4.69) is 25.6 Å². The third-order valence-corrected chi connectivity index (χ3v) is 6.39. The van der Waals surface area contributed by atoms with E-state index in [4.69, 9.17) is 4.74 Å². The van der Waals surface area contributed by atoms with Gasteiger partial charge in [-0.05, 0) is 30.2 Å². The molecule has 0 spiro atoms. The highest BCUT2D eigenvalue weighted by Crippen LogP contribution is 2.33. The Bertz CT molecular complexity index is 1140. The Morgan fingerprint density at radius 3 is 2.90 bits per heavy atom. The molecule has 7 nitrogen and oxygen atoms in total. The lowest BCUT2D eigenvalue weighted by Gasteiger charge is -2.09. The van der Waals surface area contributed by atoms with Crippen molar-refractivity contribution in [1.29, 1.82) is 0 Å². The number of carbonyl (C=O) groups is 1. The number of aryl methyl sites for hydroxylation is 1. The lowest BCUT2D eigenvalue weighted by atomic mass is 10.2. The van der Waals surface area contributed by atoms with Crippen LogP contribution in [0.1, 0.15) is 25.8 Å². The Morgan fingerprint density at radius 2 is 2.10 bits per heavy atom. The number of benzene rings is 1. The van der Waals surface area contributed by atoms with Crippen LogP contribution in [0.5, 0.6) is 5.75 Å². The fourth-order valence-electron chi connectivity index (χ4n) is 2.97. The molecule has 0 radical (unpaired) electrons. The van der Waals surface area contributed by atoms with Crippen LogP contribution in [0, 0.1) is 6.92 Å². The maximum absolute atomic E-state index is 12.7. The van der Waals surface area contributed by atoms with Gasteiger partial charge in [-0.3, -0.25) is 4.79 Å². The second kappa shape index (κ2) is 8.54. The van der Waals surface area contributed by atoms with E-state index in [0.717, 1.165) is 32.1 Å². The van der Waals surface area contributed by atoms with Crippen molar-refractivity contribution in [3.8, 4) is 5.75 Å². The van der Waals surface area contributed by atoms with E-state index in [1.165, 1.54) is 29.0 Å². The molecule has 9 heteroatoms. The van der Waals surface area contributed by atoms with Gasteiger partial charge in [0.15, 0.2) is 0 Å². The van der Waals surface area contributed by atoms with E-state index in [0.29, 0.717) is 23.8 Å². The van der Waals surface area contributed by atoms with Crippen molar-refractivity contribution in [2.24, 2.45) is 0 Å². The van der Waals surface area contributed by atoms with Gasteiger partial charge in [-0.2, -0.15) is 0 Å². The molecule has 4 aromatic rings. The molecule has 3 heterocycles. The molecule has 0 aliphatic carbocycles. The summed E-state index contributed by atoms with van der Waals surface area (Å²) in [5, 5.41) is 9.93. The van der Waals surface area contributed by atoms with Gasteiger partial charge in [-0.15, -0.1) is 22.7 Å². The minimum atomic E-state index is -0.126. The average Bonchev–Trinajstić information content (AvgIpc) is 3.39. The molecule has 0 unspecified atom stereocenters. The van der Waals surface area contributed by atoms with Crippen molar-refractivity contribution in [2.75, 3.05) is 12.4 Å². The van der Waals surface area contributed by atoms with Gasteiger partial charge in [0.2, 0.25) is 0 Å². The zero-order valence-corrected chi connectivity index (χ0v) is 17.6. The second-order valence-corrected chi connectivity index (χ2v) is 8.25. The molecule has 0 saturated carbocycles. The number of carbonyl (C=O) groups excluding carboxylic acids is 1. The van der Waals surface area contributed by atoms with E-state index < -0.39 is 0 Å². The standard InChI is InChI=1S/C20H19N5O2S2/c1-12-16-18(22-9-13-4-3-5-14(8-13)27-2)24-11-25-20(16)29-17(12)19(26)23-10-15-21-6-7-28-15/h3-8,11H,9-10H2,1-2H3,(H,23,26)(H,22,24,25). The summed E-state index contributed by atoms with van der Waals surface area (Å²) in [4.78, 5) is 27.1. The van der Waals surface area contributed by atoms with E-state index in [1.807, 2.05) is 36.6 Å². The van der Waals surface area contributed by atoms with E-state index in [1.54, 1.807) is 13.3 Å². The Hall–Kier alpha value is -3.04. The number of thiazole rings is 1. The van der Waals surface area contributed by atoms with Crippen LogP contribution in [0.3, 0.4) is 0 Å². The topological polar surface area (TPSA) is 89.0 Å². The van der Waals surface area contributed by atoms with Crippen LogP contribution in [0.15, 0.2) is 42.2 Å². The molecule has 0 fully saturated rings. The van der Waals surface area contributed by atoms with Crippen LogP contribution in [-0.2, 0) is 13.1 Å². The molecule has 0 bridgehead atoms. The third-order valence-electron chi connectivity index (χ3n) is 4.41. The molecule has 0 aliphatic heterocycles. The summed E-state index contributed by atoms with van der Waals surface area (Å²) in [6.45, 7) is 2.93. The van der Waals surface area contributed by atoms with Gasteiger partial charge < -0.3 is 15.4 Å². The fourth-order valence-corrected chi connectivity index (χ4v) is 4.59. The lowest BCUT2D eigenvalue weighted by molar-refractivity contribution is 0.0954. The monoisotopic (exact) mass is 425 g/mol. The number of nitrogens with zero attached hydrogens (tertiary/aromatic N) is 3. The molecule has 4 rings (SSSR count). The number of hydrogen-bond acceptors (Lipinski definition) is 8. The summed E-state index contributed by atoms with van der Waals surface area (Å²) in [6, 6.07) is 7.85.